The zero-order chi connectivity index (χ0) is 17.8. The monoisotopic (exact) mass is 360 g/mol. The minimum absolute atomic E-state index is 0.0296. The Labute approximate surface area is 154 Å². The molecular formula is C19H25ClN4O. The Bertz CT molecular complexity index is 720. The summed E-state index contributed by atoms with van der Waals surface area (Å²) in [6.45, 7) is 9.51. The molecule has 0 radical (unpaired) electrons. The van der Waals surface area contributed by atoms with Crippen molar-refractivity contribution < 1.29 is 4.79 Å². The lowest BCUT2D eigenvalue weighted by atomic mass is 10.2. The summed E-state index contributed by atoms with van der Waals surface area (Å²) in [7, 11) is 0. The number of benzene rings is 1. The van der Waals surface area contributed by atoms with E-state index in [9.17, 15) is 4.79 Å². The molecule has 25 heavy (non-hydrogen) atoms. The van der Waals surface area contributed by atoms with Crippen LogP contribution in [-0.2, 0) is 6.54 Å². The third kappa shape index (κ3) is 4.22. The fourth-order valence-corrected chi connectivity index (χ4v) is 3.46. The van der Waals surface area contributed by atoms with Crippen molar-refractivity contribution >= 4 is 17.5 Å². The third-order valence-electron chi connectivity index (χ3n) is 4.68. The van der Waals surface area contributed by atoms with Crippen molar-refractivity contribution in [2.24, 2.45) is 0 Å². The van der Waals surface area contributed by atoms with Crippen LogP contribution in [-0.4, -0.2) is 58.0 Å². The van der Waals surface area contributed by atoms with Gasteiger partial charge in [-0.05, 0) is 12.1 Å². The predicted octanol–water partition coefficient (Wildman–Crippen LogP) is 3.12. The second-order valence-electron chi connectivity index (χ2n) is 6.75. The minimum atomic E-state index is 0.0296. The molecule has 1 amide bonds. The number of aromatic nitrogens is 2. The van der Waals surface area contributed by atoms with E-state index in [2.05, 4.69) is 28.3 Å². The van der Waals surface area contributed by atoms with Gasteiger partial charge in [-0.15, -0.1) is 0 Å². The van der Waals surface area contributed by atoms with Crippen LogP contribution in [0.2, 0.25) is 5.02 Å². The predicted molar refractivity (Wildman–Crippen MR) is 100 cm³/mol. The second kappa shape index (κ2) is 8.02. The average Bonchev–Trinajstić information content (AvgIpc) is 3.09. The lowest BCUT2D eigenvalue weighted by Crippen LogP contribution is -2.49. The number of piperazine rings is 1. The van der Waals surface area contributed by atoms with Crippen LogP contribution in [0.3, 0.4) is 0 Å². The SMILES string of the molecule is CC(C)c1nccn1CCN1CCN(C(=O)c2ccccc2Cl)CC1. The Hall–Kier alpha value is -1.85. The molecule has 0 aliphatic carbocycles. The van der Waals surface area contributed by atoms with Crippen molar-refractivity contribution in [3.05, 3.63) is 53.1 Å². The normalized spacial score (nSPS) is 15.8. The first kappa shape index (κ1) is 18.0. The van der Waals surface area contributed by atoms with Crippen LogP contribution in [0.5, 0.6) is 0 Å². The zero-order valence-corrected chi connectivity index (χ0v) is 15.6. The topological polar surface area (TPSA) is 41.4 Å². The van der Waals surface area contributed by atoms with E-state index >= 15 is 0 Å². The maximum absolute atomic E-state index is 12.6. The molecule has 2 heterocycles. The smallest absolute Gasteiger partial charge is 0.255 e. The van der Waals surface area contributed by atoms with Gasteiger partial charge in [0.2, 0.25) is 0 Å². The van der Waals surface area contributed by atoms with Gasteiger partial charge in [-0.25, -0.2) is 4.98 Å². The molecule has 1 aromatic carbocycles. The molecule has 5 nitrogen and oxygen atoms in total. The molecule has 0 unspecified atom stereocenters. The standard InChI is InChI=1S/C19H25ClN4O/c1-15(2)18-21-7-8-23(18)12-9-22-10-13-24(14-11-22)19(25)16-5-3-4-6-17(16)20/h3-8,15H,9-14H2,1-2H3. The number of hydrogen-bond acceptors (Lipinski definition) is 3. The highest BCUT2D eigenvalue weighted by molar-refractivity contribution is 6.33. The first-order chi connectivity index (χ1) is 12.1. The van der Waals surface area contributed by atoms with Crippen molar-refractivity contribution in [2.75, 3.05) is 32.7 Å². The lowest BCUT2D eigenvalue weighted by molar-refractivity contribution is 0.0633. The van der Waals surface area contributed by atoms with Crippen molar-refractivity contribution in [1.82, 2.24) is 19.4 Å². The van der Waals surface area contributed by atoms with E-state index in [1.807, 2.05) is 29.4 Å². The molecular weight excluding hydrogens is 336 g/mol. The number of carbonyl (C=O) groups excluding carboxylic acids is 1. The molecule has 0 atom stereocenters. The van der Waals surface area contributed by atoms with E-state index in [0.717, 1.165) is 45.1 Å². The van der Waals surface area contributed by atoms with Crippen LogP contribution in [0.4, 0.5) is 0 Å². The average molecular weight is 361 g/mol. The lowest BCUT2D eigenvalue weighted by Gasteiger charge is -2.35. The Morgan fingerprint density at radius 3 is 2.56 bits per heavy atom. The first-order valence-corrected chi connectivity index (χ1v) is 9.21. The van der Waals surface area contributed by atoms with Crippen LogP contribution in [0.1, 0.15) is 35.9 Å². The van der Waals surface area contributed by atoms with E-state index in [0.29, 0.717) is 16.5 Å². The van der Waals surface area contributed by atoms with E-state index in [1.165, 1.54) is 0 Å². The largest absolute Gasteiger partial charge is 0.336 e. The second-order valence-corrected chi connectivity index (χ2v) is 7.15. The van der Waals surface area contributed by atoms with E-state index in [-0.39, 0.29) is 5.91 Å². The van der Waals surface area contributed by atoms with Gasteiger partial charge in [-0.2, -0.15) is 0 Å². The molecule has 2 aromatic rings. The maximum Gasteiger partial charge on any atom is 0.255 e. The number of halogens is 1. The summed E-state index contributed by atoms with van der Waals surface area (Å²) in [5.74, 6) is 1.59. The molecule has 1 aliphatic rings. The van der Waals surface area contributed by atoms with Crippen molar-refractivity contribution in [3.8, 4) is 0 Å². The summed E-state index contributed by atoms with van der Waals surface area (Å²) >= 11 is 6.15. The number of rotatable bonds is 5. The molecule has 0 saturated carbocycles. The highest BCUT2D eigenvalue weighted by Crippen LogP contribution is 2.18. The van der Waals surface area contributed by atoms with Crippen molar-refractivity contribution in [2.45, 2.75) is 26.3 Å². The number of imidazole rings is 1. The highest BCUT2D eigenvalue weighted by Gasteiger charge is 2.23. The highest BCUT2D eigenvalue weighted by atomic mass is 35.5. The van der Waals surface area contributed by atoms with Gasteiger partial charge in [0.15, 0.2) is 0 Å². The summed E-state index contributed by atoms with van der Waals surface area (Å²) in [6.07, 6.45) is 3.92. The van der Waals surface area contributed by atoms with Gasteiger partial charge in [0, 0.05) is 57.6 Å². The summed E-state index contributed by atoms with van der Waals surface area (Å²) in [5.41, 5.74) is 0.595. The van der Waals surface area contributed by atoms with E-state index < -0.39 is 0 Å². The zero-order valence-electron chi connectivity index (χ0n) is 14.9. The Morgan fingerprint density at radius 2 is 1.88 bits per heavy atom. The molecule has 1 fully saturated rings. The van der Waals surface area contributed by atoms with Gasteiger partial charge in [0.1, 0.15) is 5.82 Å². The molecule has 1 saturated heterocycles. The van der Waals surface area contributed by atoms with Gasteiger partial charge < -0.3 is 9.47 Å². The molecule has 3 rings (SSSR count). The fourth-order valence-electron chi connectivity index (χ4n) is 3.24. The van der Waals surface area contributed by atoms with Crippen LogP contribution in [0.25, 0.3) is 0 Å². The number of nitrogens with zero attached hydrogens (tertiary/aromatic N) is 4. The van der Waals surface area contributed by atoms with E-state index in [4.69, 9.17) is 11.6 Å². The minimum Gasteiger partial charge on any atom is -0.336 e. The Kier molecular flexibility index (Phi) is 5.76. The Morgan fingerprint density at radius 1 is 1.16 bits per heavy atom. The number of amides is 1. The molecule has 0 bridgehead atoms. The van der Waals surface area contributed by atoms with Gasteiger partial charge in [-0.1, -0.05) is 37.6 Å². The van der Waals surface area contributed by atoms with Crippen LogP contribution < -0.4 is 0 Å². The molecule has 1 aromatic heterocycles. The quantitative estimate of drug-likeness (QED) is 0.822. The summed E-state index contributed by atoms with van der Waals surface area (Å²) in [4.78, 5) is 21.3. The summed E-state index contributed by atoms with van der Waals surface area (Å²) < 4.78 is 2.23. The van der Waals surface area contributed by atoms with E-state index in [1.54, 1.807) is 12.1 Å². The fraction of sp³-hybridized carbons (Fsp3) is 0.474. The summed E-state index contributed by atoms with van der Waals surface area (Å²) in [6, 6.07) is 7.26. The van der Waals surface area contributed by atoms with Crippen molar-refractivity contribution in [1.29, 1.82) is 0 Å². The third-order valence-corrected chi connectivity index (χ3v) is 5.01. The first-order valence-electron chi connectivity index (χ1n) is 8.83. The molecule has 6 heteroatoms. The van der Waals surface area contributed by atoms with Crippen LogP contribution in [0.15, 0.2) is 36.7 Å². The molecule has 0 N–H and O–H groups in total. The van der Waals surface area contributed by atoms with Gasteiger partial charge >= 0.3 is 0 Å². The van der Waals surface area contributed by atoms with Gasteiger partial charge in [0.25, 0.3) is 5.91 Å². The van der Waals surface area contributed by atoms with Crippen LogP contribution in [0, 0.1) is 0 Å². The van der Waals surface area contributed by atoms with Crippen molar-refractivity contribution in [3.63, 3.8) is 0 Å². The van der Waals surface area contributed by atoms with Crippen LogP contribution >= 0.6 is 11.6 Å². The number of hydrogen-bond donors (Lipinski definition) is 0. The van der Waals surface area contributed by atoms with Gasteiger partial charge in [0.05, 0.1) is 10.6 Å². The maximum atomic E-state index is 12.6. The molecule has 0 spiro atoms. The molecule has 1 aliphatic heterocycles. The summed E-state index contributed by atoms with van der Waals surface area (Å²) in [5, 5.41) is 0.524. The number of carbonyl (C=O) groups is 1. The Balaban J connectivity index is 1.51. The van der Waals surface area contributed by atoms with Gasteiger partial charge in [-0.3, -0.25) is 9.69 Å². The molecule has 134 valence electrons.